The molecule has 0 aliphatic rings. The molecule has 0 saturated heterocycles. The van der Waals surface area contributed by atoms with Gasteiger partial charge in [0.05, 0.1) is 5.56 Å². The van der Waals surface area contributed by atoms with Crippen molar-refractivity contribution in [3.63, 3.8) is 0 Å². The lowest BCUT2D eigenvalue weighted by Crippen LogP contribution is -2.26. The van der Waals surface area contributed by atoms with Crippen molar-refractivity contribution < 1.29 is 9.90 Å². The van der Waals surface area contributed by atoms with Gasteiger partial charge in [0.2, 0.25) is 0 Å². The average molecular weight is 276 g/mol. The van der Waals surface area contributed by atoms with E-state index in [0.717, 1.165) is 6.42 Å². The fourth-order valence-corrected chi connectivity index (χ4v) is 1.61. The highest BCUT2D eigenvalue weighted by Gasteiger charge is 2.11. The Balaban J connectivity index is 2.55. The number of phenols is 1. The summed E-state index contributed by atoms with van der Waals surface area (Å²) in [6.45, 7) is 2.47. The normalized spacial score (nSPS) is 12.2. The van der Waals surface area contributed by atoms with Gasteiger partial charge in [-0.3, -0.25) is 4.79 Å². The average Bonchev–Trinajstić information content (AvgIpc) is 2.31. The zero-order valence-corrected chi connectivity index (χ0v) is 11.1. The monoisotopic (exact) mass is 275 g/mol. The molecule has 0 aliphatic heterocycles. The molecule has 0 spiro atoms. The third-order valence-electron chi connectivity index (χ3n) is 2.39. The molecule has 1 aromatic rings. The number of alkyl halides is 1. The van der Waals surface area contributed by atoms with Crippen molar-refractivity contribution in [3.8, 4) is 5.75 Å². The topological polar surface area (TPSA) is 49.3 Å². The van der Waals surface area contributed by atoms with Crippen LogP contribution in [0.25, 0.3) is 0 Å². The lowest BCUT2D eigenvalue weighted by atomic mass is 10.2. The molecule has 0 fully saturated rings. The van der Waals surface area contributed by atoms with Crippen molar-refractivity contribution in [1.29, 1.82) is 0 Å². The molecule has 1 rings (SSSR count). The van der Waals surface area contributed by atoms with Gasteiger partial charge in [-0.15, -0.1) is 11.6 Å². The molecular weight excluding hydrogens is 261 g/mol. The van der Waals surface area contributed by atoms with E-state index in [0.29, 0.717) is 18.0 Å². The van der Waals surface area contributed by atoms with Crippen LogP contribution < -0.4 is 5.32 Å². The molecule has 1 atom stereocenters. The number of hydrogen-bond donors (Lipinski definition) is 2. The number of carbonyl (C=O) groups excluding carboxylic acids is 1. The standard InChI is InChI=1S/C12H15Cl2NO2/c1-2-8(13)5-6-15-12(17)10-7-9(14)3-4-11(10)16/h3-4,7-8,16H,2,5-6H2,1H3,(H,15,17). The zero-order valence-electron chi connectivity index (χ0n) is 9.54. The second-order valence-electron chi connectivity index (χ2n) is 3.71. The highest BCUT2D eigenvalue weighted by atomic mass is 35.5. The van der Waals surface area contributed by atoms with Gasteiger partial charge in [0.1, 0.15) is 5.75 Å². The Morgan fingerprint density at radius 3 is 2.88 bits per heavy atom. The molecule has 5 heteroatoms. The Labute approximate surface area is 111 Å². The lowest BCUT2D eigenvalue weighted by molar-refractivity contribution is 0.0950. The van der Waals surface area contributed by atoms with Gasteiger partial charge >= 0.3 is 0 Å². The first-order valence-corrected chi connectivity index (χ1v) is 6.26. The van der Waals surface area contributed by atoms with E-state index in [9.17, 15) is 9.90 Å². The van der Waals surface area contributed by atoms with Gasteiger partial charge in [0, 0.05) is 16.9 Å². The molecule has 0 heterocycles. The number of aromatic hydroxyl groups is 1. The highest BCUT2D eigenvalue weighted by Crippen LogP contribution is 2.21. The first-order chi connectivity index (χ1) is 8.04. The minimum atomic E-state index is -0.343. The van der Waals surface area contributed by atoms with Crippen LogP contribution >= 0.6 is 23.2 Å². The fourth-order valence-electron chi connectivity index (χ4n) is 1.33. The minimum Gasteiger partial charge on any atom is -0.507 e. The summed E-state index contributed by atoms with van der Waals surface area (Å²) in [4.78, 5) is 11.7. The van der Waals surface area contributed by atoms with Crippen molar-refractivity contribution in [2.75, 3.05) is 6.54 Å². The largest absolute Gasteiger partial charge is 0.507 e. The summed E-state index contributed by atoms with van der Waals surface area (Å²) < 4.78 is 0. The van der Waals surface area contributed by atoms with Gasteiger partial charge < -0.3 is 10.4 Å². The Kier molecular flexibility index (Phi) is 5.59. The number of rotatable bonds is 5. The first-order valence-electron chi connectivity index (χ1n) is 5.45. The van der Waals surface area contributed by atoms with Gasteiger partial charge in [0.15, 0.2) is 0 Å². The van der Waals surface area contributed by atoms with Gasteiger partial charge in [-0.1, -0.05) is 18.5 Å². The van der Waals surface area contributed by atoms with E-state index in [-0.39, 0.29) is 22.6 Å². The Morgan fingerprint density at radius 1 is 1.53 bits per heavy atom. The SMILES string of the molecule is CCC(Cl)CCNC(=O)c1cc(Cl)ccc1O. The van der Waals surface area contributed by atoms with Crippen LogP contribution in [0.5, 0.6) is 5.75 Å². The van der Waals surface area contributed by atoms with Crippen molar-refractivity contribution >= 4 is 29.1 Å². The molecule has 94 valence electrons. The van der Waals surface area contributed by atoms with Crippen LogP contribution in [0.1, 0.15) is 30.1 Å². The Hall–Kier alpha value is -0.930. The summed E-state index contributed by atoms with van der Waals surface area (Å²) in [5.74, 6) is -0.421. The highest BCUT2D eigenvalue weighted by molar-refractivity contribution is 6.31. The number of nitrogens with one attached hydrogen (secondary N) is 1. The number of halogens is 2. The predicted octanol–water partition coefficient (Wildman–Crippen LogP) is 3.18. The van der Waals surface area contributed by atoms with E-state index in [4.69, 9.17) is 23.2 Å². The Morgan fingerprint density at radius 2 is 2.24 bits per heavy atom. The van der Waals surface area contributed by atoms with Gasteiger partial charge in [-0.2, -0.15) is 0 Å². The number of hydrogen-bond acceptors (Lipinski definition) is 2. The van der Waals surface area contributed by atoms with Gasteiger partial charge in [0.25, 0.3) is 5.91 Å². The third-order valence-corrected chi connectivity index (χ3v) is 3.15. The summed E-state index contributed by atoms with van der Waals surface area (Å²) in [6.07, 6.45) is 1.56. The minimum absolute atomic E-state index is 0.0586. The van der Waals surface area contributed by atoms with Crippen molar-refractivity contribution in [2.45, 2.75) is 25.1 Å². The lowest BCUT2D eigenvalue weighted by Gasteiger charge is -2.09. The molecule has 1 amide bonds. The third kappa shape index (κ3) is 4.44. The molecule has 1 unspecified atom stereocenters. The molecule has 17 heavy (non-hydrogen) atoms. The van der Waals surface area contributed by atoms with Crippen molar-refractivity contribution in [2.24, 2.45) is 0 Å². The van der Waals surface area contributed by atoms with Crippen LogP contribution in [0.15, 0.2) is 18.2 Å². The summed E-state index contributed by atoms with van der Waals surface area (Å²) in [5, 5.41) is 12.7. The first kappa shape index (κ1) is 14.1. The van der Waals surface area contributed by atoms with Crippen LogP contribution in [0.3, 0.4) is 0 Å². The molecule has 0 radical (unpaired) electrons. The maximum Gasteiger partial charge on any atom is 0.255 e. The summed E-state index contributed by atoms with van der Waals surface area (Å²) in [6, 6.07) is 4.36. The van der Waals surface area contributed by atoms with E-state index in [2.05, 4.69) is 5.32 Å². The van der Waals surface area contributed by atoms with E-state index in [1.165, 1.54) is 18.2 Å². The Bertz CT molecular complexity index is 396. The molecule has 2 N–H and O–H groups in total. The summed E-state index contributed by atoms with van der Waals surface area (Å²) >= 11 is 11.7. The zero-order chi connectivity index (χ0) is 12.8. The number of benzene rings is 1. The maximum atomic E-state index is 11.7. The maximum absolute atomic E-state index is 11.7. The molecule has 3 nitrogen and oxygen atoms in total. The number of carbonyl (C=O) groups is 1. The van der Waals surface area contributed by atoms with Crippen LogP contribution in [0.2, 0.25) is 5.02 Å². The van der Waals surface area contributed by atoms with E-state index in [1.807, 2.05) is 6.92 Å². The molecule has 0 saturated carbocycles. The van der Waals surface area contributed by atoms with Crippen LogP contribution in [-0.2, 0) is 0 Å². The fraction of sp³-hybridized carbons (Fsp3) is 0.417. The van der Waals surface area contributed by atoms with Crippen LogP contribution in [-0.4, -0.2) is 22.9 Å². The van der Waals surface area contributed by atoms with Crippen LogP contribution in [0.4, 0.5) is 0 Å². The molecule has 0 aliphatic carbocycles. The smallest absolute Gasteiger partial charge is 0.255 e. The van der Waals surface area contributed by atoms with E-state index < -0.39 is 0 Å². The van der Waals surface area contributed by atoms with Crippen LogP contribution in [0, 0.1) is 0 Å². The van der Waals surface area contributed by atoms with E-state index >= 15 is 0 Å². The molecular formula is C12H15Cl2NO2. The second kappa shape index (κ2) is 6.72. The number of phenolic OH excluding ortho intramolecular Hbond substituents is 1. The molecule has 0 aromatic heterocycles. The van der Waals surface area contributed by atoms with E-state index in [1.54, 1.807) is 0 Å². The van der Waals surface area contributed by atoms with Gasteiger partial charge in [-0.25, -0.2) is 0 Å². The second-order valence-corrected chi connectivity index (χ2v) is 4.77. The molecule has 1 aromatic carbocycles. The predicted molar refractivity (Wildman–Crippen MR) is 70.0 cm³/mol. The summed E-state index contributed by atoms with van der Waals surface area (Å²) in [5.41, 5.74) is 0.181. The van der Waals surface area contributed by atoms with Gasteiger partial charge in [-0.05, 0) is 31.0 Å². The molecule has 0 bridgehead atoms. The summed E-state index contributed by atoms with van der Waals surface area (Å²) in [7, 11) is 0. The van der Waals surface area contributed by atoms with Crippen molar-refractivity contribution in [3.05, 3.63) is 28.8 Å². The quantitative estimate of drug-likeness (QED) is 0.811. The van der Waals surface area contributed by atoms with Crippen molar-refractivity contribution in [1.82, 2.24) is 5.32 Å². The number of amides is 1.